The third-order valence-corrected chi connectivity index (χ3v) is 5.94. The summed E-state index contributed by atoms with van der Waals surface area (Å²) in [5.41, 5.74) is 0.786. The molecule has 162 valence electrons. The molecule has 0 aliphatic carbocycles. The summed E-state index contributed by atoms with van der Waals surface area (Å²) >= 11 is 12.2. The van der Waals surface area contributed by atoms with Gasteiger partial charge in [-0.15, -0.1) is 0 Å². The smallest absolute Gasteiger partial charge is 0.292 e. The molecule has 0 unspecified atom stereocenters. The van der Waals surface area contributed by atoms with Crippen LogP contribution in [0.4, 0.5) is 14.5 Å². The molecule has 31 heavy (non-hydrogen) atoms. The van der Waals surface area contributed by atoms with E-state index in [0.29, 0.717) is 11.8 Å². The first kappa shape index (κ1) is 21.7. The van der Waals surface area contributed by atoms with Crippen molar-refractivity contribution < 1.29 is 8.78 Å². The number of benzene rings is 2. The Morgan fingerprint density at radius 2 is 1.77 bits per heavy atom. The lowest BCUT2D eigenvalue weighted by Gasteiger charge is -2.33. The number of hydrogen-bond donors (Lipinski definition) is 1. The van der Waals surface area contributed by atoms with Crippen LogP contribution in [0.5, 0.6) is 0 Å². The summed E-state index contributed by atoms with van der Waals surface area (Å²) in [6, 6.07) is 10.9. The van der Waals surface area contributed by atoms with Gasteiger partial charge in [0.1, 0.15) is 16.5 Å². The van der Waals surface area contributed by atoms with Crippen LogP contribution < -0.4 is 10.9 Å². The zero-order valence-electron chi connectivity index (χ0n) is 16.5. The Morgan fingerprint density at radius 3 is 2.45 bits per heavy atom. The molecule has 2 heterocycles. The van der Waals surface area contributed by atoms with Crippen molar-refractivity contribution in [1.82, 2.24) is 14.7 Å². The standard InChI is InChI=1S/C22H20Cl2F2N4O/c23-15-3-1-14(2-4-15)13-29-9-7-17(8-10-29)28-19-12-27-30(22(31)21(19)24)20-6-5-16(25)11-18(20)26/h1-6,11-12,17,28H,7-10,13H2. The summed E-state index contributed by atoms with van der Waals surface area (Å²) in [7, 11) is 0. The molecule has 5 nitrogen and oxygen atoms in total. The number of halogens is 4. The minimum atomic E-state index is -0.889. The van der Waals surface area contributed by atoms with Gasteiger partial charge >= 0.3 is 0 Å². The van der Waals surface area contributed by atoms with E-state index in [2.05, 4.69) is 15.3 Å². The number of nitrogens with zero attached hydrogens (tertiary/aromatic N) is 3. The maximum atomic E-state index is 14.0. The minimum absolute atomic E-state index is 0.0812. The SMILES string of the molecule is O=c1c(Cl)c(NC2CCN(Cc3ccc(Cl)cc3)CC2)cnn1-c1ccc(F)cc1F. The molecule has 1 N–H and O–H groups in total. The number of nitrogens with one attached hydrogen (secondary N) is 1. The van der Waals surface area contributed by atoms with E-state index in [1.165, 1.54) is 11.8 Å². The van der Waals surface area contributed by atoms with Crippen LogP contribution in [-0.2, 0) is 6.54 Å². The minimum Gasteiger partial charge on any atom is -0.380 e. The summed E-state index contributed by atoms with van der Waals surface area (Å²) in [5, 5.41) is 7.94. The predicted octanol–water partition coefficient (Wildman–Crippen LogP) is 4.89. The molecule has 0 atom stereocenters. The molecular weight excluding hydrogens is 445 g/mol. The van der Waals surface area contributed by atoms with Crippen molar-refractivity contribution in [2.75, 3.05) is 18.4 Å². The van der Waals surface area contributed by atoms with Crippen LogP contribution >= 0.6 is 23.2 Å². The molecule has 0 saturated carbocycles. The average Bonchev–Trinajstić information content (AvgIpc) is 2.75. The predicted molar refractivity (Wildman–Crippen MR) is 118 cm³/mol. The first-order valence-corrected chi connectivity index (χ1v) is 10.6. The molecule has 1 aliphatic rings. The molecule has 3 aromatic rings. The van der Waals surface area contributed by atoms with Crippen molar-refractivity contribution in [3.05, 3.63) is 86.3 Å². The van der Waals surface area contributed by atoms with E-state index in [4.69, 9.17) is 23.2 Å². The Bertz CT molecular complexity index is 1130. The highest BCUT2D eigenvalue weighted by Gasteiger charge is 2.21. The number of hydrogen-bond acceptors (Lipinski definition) is 4. The monoisotopic (exact) mass is 464 g/mol. The van der Waals surface area contributed by atoms with E-state index in [0.717, 1.165) is 54.3 Å². The molecule has 0 radical (unpaired) electrons. The van der Waals surface area contributed by atoms with Crippen molar-refractivity contribution in [3.63, 3.8) is 0 Å². The van der Waals surface area contributed by atoms with Crippen molar-refractivity contribution in [2.24, 2.45) is 0 Å². The molecule has 1 aromatic heterocycles. The van der Waals surface area contributed by atoms with Crippen molar-refractivity contribution in [2.45, 2.75) is 25.4 Å². The number of piperidine rings is 1. The van der Waals surface area contributed by atoms with Gasteiger partial charge in [-0.1, -0.05) is 35.3 Å². The summed E-state index contributed by atoms with van der Waals surface area (Å²) in [4.78, 5) is 15.0. The quantitative estimate of drug-likeness (QED) is 0.583. The lowest BCUT2D eigenvalue weighted by atomic mass is 10.0. The fourth-order valence-corrected chi connectivity index (χ4v) is 3.97. The Morgan fingerprint density at radius 1 is 1.06 bits per heavy atom. The lowest BCUT2D eigenvalue weighted by molar-refractivity contribution is 0.211. The summed E-state index contributed by atoms with van der Waals surface area (Å²) in [6.07, 6.45) is 3.14. The van der Waals surface area contributed by atoms with E-state index >= 15 is 0 Å². The summed E-state index contributed by atoms with van der Waals surface area (Å²) in [6.45, 7) is 2.64. The fraction of sp³-hybridized carbons (Fsp3) is 0.273. The van der Waals surface area contributed by atoms with Crippen molar-refractivity contribution in [3.8, 4) is 5.69 Å². The summed E-state index contributed by atoms with van der Waals surface area (Å²) < 4.78 is 28.0. The van der Waals surface area contributed by atoms with Crippen molar-refractivity contribution >= 4 is 28.9 Å². The van der Waals surface area contributed by atoms with Crippen LogP contribution in [0.25, 0.3) is 5.69 Å². The van der Waals surface area contributed by atoms with Gasteiger partial charge in [0.25, 0.3) is 5.56 Å². The Kier molecular flexibility index (Phi) is 6.55. The van der Waals surface area contributed by atoms with Gasteiger partial charge in [-0.2, -0.15) is 9.78 Å². The van der Waals surface area contributed by atoms with E-state index in [9.17, 15) is 13.6 Å². The van der Waals surface area contributed by atoms with Gasteiger partial charge in [-0.3, -0.25) is 9.69 Å². The van der Waals surface area contributed by atoms with Crippen LogP contribution in [0.3, 0.4) is 0 Å². The van der Waals surface area contributed by atoms with Gasteiger partial charge in [0, 0.05) is 36.8 Å². The van der Waals surface area contributed by atoms with Gasteiger partial charge < -0.3 is 5.32 Å². The normalized spacial score (nSPS) is 15.2. The van der Waals surface area contributed by atoms with Crippen LogP contribution in [0.2, 0.25) is 10.0 Å². The Hall–Kier alpha value is -2.48. The third kappa shape index (κ3) is 5.06. The highest BCUT2D eigenvalue weighted by molar-refractivity contribution is 6.33. The van der Waals surface area contributed by atoms with Crippen LogP contribution in [0.15, 0.2) is 53.5 Å². The molecule has 4 rings (SSSR count). The fourth-order valence-electron chi connectivity index (χ4n) is 3.66. The lowest BCUT2D eigenvalue weighted by Crippen LogP contribution is -2.39. The van der Waals surface area contributed by atoms with Gasteiger partial charge in [-0.05, 0) is 42.7 Å². The van der Waals surface area contributed by atoms with E-state index in [-0.39, 0.29) is 16.8 Å². The number of likely N-dealkylation sites (tertiary alicyclic amines) is 1. The molecule has 1 fully saturated rings. The van der Waals surface area contributed by atoms with E-state index < -0.39 is 17.2 Å². The molecule has 0 bridgehead atoms. The second-order valence-corrected chi connectivity index (χ2v) is 8.32. The van der Waals surface area contributed by atoms with Crippen molar-refractivity contribution in [1.29, 1.82) is 0 Å². The first-order chi connectivity index (χ1) is 14.9. The van der Waals surface area contributed by atoms with Crippen LogP contribution in [0, 0.1) is 11.6 Å². The molecule has 0 spiro atoms. The number of aromatic nitrogens is 2. The second-order valence-electron chi connectivity index (χ2n) is 7.51. The molecular formula is C22H20Cl2F2N4O. The zero-order chi connectivity index (χ0) is 22.0. The van der Waals surface area contributed by atoms with E-state index in [1.54, 1.807) is 0 Å². The molecule has 1 saturated heterocycles. The van der Waals surface area contributed by atoms with E-state index in [1.807, 2.05) is 24.3 Å². The first-order valence-electron chi connectivity index (χ1n) is 9.87. The second kappa shape index (κ2) is 9.34. The Balaban J connectivity index is 1.40. The highest BCUT2D eigenvalue weighted by Crippen LogP contribution is 2.23. The molecule has 9 heteroatoms. The van der Waals surface area contributed by atoms with Gasteiger partial charge in [0.05, 0.1) is 11.9 Å². The summed E-state index contributed by atoms with van der Waals surface area (Å²) in [5.74, 6) is -1.62. The van der Waals surface area contributed by atoms with Gasteiger partial charge in [0.15, 0.2) is 5.82 Å². The average molecular weight is 465 g/mol. The van der Waals surface area contributed by atoms with Crippen LogP contribution in [0.1, 0.15) is 18.4 Å². The van der Waals surface area contributed by atoms with Crippen LogP contribution in [-0.4, -0.2) is 33.8 Å². The molecule has 0 amide bonds. The maximum Gasteiger partial charge on any atom is 0.292 e. The topological polar surface area (TPSA) is 50.2 Å². The molecule has 2 aromatic carbocycles. The maximum absolute atomic E-state index is 14.0. The largest absolute Gasteiger partial charge is 0.380 e. The zero-order valence-corrected chi connectivity index (χ0v) is 18.0. The molecule has 1 aliphatic heterocycles. The van der Waals surface area contributed by atoms with Gasteiger partial charge in [-0.25, -0.2) is 8.78 Å². The number of anilines is 1. The number of rotatable bonds is 5. The van der Waals surface area contributed by atoms with Gasteiger partial charge in [0.2, 0.25) is 0 Å². The highest BCUT2D eigenvalue weighted by atomic mass is 35.5. The third-order valence-electron chi connectivity index (χ3n) is 5.32. The Labute approximate surface area is 188 Å².